The molecule has 4 rings (SSSR count). The topological polar surface area (TPSA) is 103 Å². The molecule has 1 aromatic carbocycles. The summed E-state index contributed by atoms with van der Waals surface area (Å²) < 4.78 is 10.6. The summed E-state index contributed by atoms with van der Waals surface area (Å²) in [6.07, 6.45) is 5.29. The van der Waals surface area contributed by atoms with Crippen LogP contribution in [-0.4, -0.2) is 29.2 Å². The standard InChI is InChI=1S/C21H28N4O3.ClH/c1-12(21-24-19(25-28-21)15-7-4-8-17(11-15)27-2)23-20(26)16-9-13-5-3-6-14(10-16)18(13)22;/h4,7-8,11-14,16,18H,3,5-6,9-10,22H2,1-2H3,(H,23,26);1H. The zero-order chi connectivity index (χ0) is 19.7. The highest BCUT2D eigenvalue weighted by atomic mass is 35.5. The van der Waals surface area contributed by atoms with Crippen molar-refractivity contribution in [3.8, 4) is 17.1 Å². The number of nitrogens with two attached hydrogens (primary N) is 1. The number of methoxy groups -OCH3 is 1. The van der Waals surface area contributed by atoms with Gasteiger partial charge in [-0.2, -0.15) is 4.98 Å². The molecule has 3 N–H and O–H groups in total. The van der Waals surface area contributed by atoms with Crippen LogP contribution in [0.2, 0.25) is 0 Å². The molecule has 0 radical (unpaired) electrons. The summed E-state index contributed by atoms with van der Waals surface area (Å²) >= 11 is 0. The van der Waals surface area contributed by atoms with Crippen molar-refractivity contribution in [3.05, 3.63) is 30.2 Å². The molecule has 0 saturated heterocycles. The van der Waals surface area contributed by atoms with E-state index in [0.29, 0.717) is 23.6 Å². The van der Waals surface area contributed by atoms with Gasteiger partial charge in [0.15, 0.2) is 0 Å². The minimum atomic E-state index is -0.338. The zero-order valence-electron chi connectivity index (χ0n) is 16.8. The molecule has 2 aliphatic rings. The molecule has 0 aliphatic heterocycles. The number of nitrogens with zero attached hydrogens (tertiary/aromatic N) is 2. The predicted octanol–water partition coefficient (Wildman–Crippen LogP) is 3.50. The molecule has 1 aromatic heterocycles. The number of hydrogen-bond donors (Lipinski definition) is 2. The summed E-state index contributed by atoms with van der Waals surface area (Å²) in [7, 11) is 1.62. The highest BCUT2D eigenvalue weighted by Gasteiger charge is 2.40. The largest absolute Gasteiger partial charge is 0.497 e. The summed E-state index contributed by atoms with van der Waals surface area (Å²) in [6.45, 7) is 1.87. The number of aromatic nitrogens is 2. The third-order valence-electron chi connectivity index (χ3n) is 6.28. The minimum Gasteiger partial charge on any atom is -0.497 e. The third kappa shape index (κ3) is 4.56. The van der Waals surface area contributed by atoms with Crippen molar-refractivity contribution >= 4 is 18.3 Å². The van der Waals surface area contributed by atoms with Crippen LogP contribution in [0.4, 0.5) is 0 Å². The molecule has 29 heavy (non-hydrogen) atoms. The fourth-order valence-electron chi connectivity index (χ4n) is 4.69. The van der Waals surface area contributed by atoms with Crippen molar-refractivity contribution in [3.63, 3.8) is 0 Å². The summed E-state index contributed by atoms with van der Waals surface area (Å²) in [5.41, 5.74) is 7.15. The first-order valence-corrected chi connectivity index (χ1v) is 10.1. The van der Waals surface area contributed by atoms with Crippen LogP contribution in [0.25, 0.3) is 11.4 Å². The van der Waals surface area contributed by atoms with Crippen molar-refractivity contribution in [2.45, 2.75) is 51.1 Å². The van der Waals surface area contributed by atoms with E-state index >= 15 is 0 Å². The van der Waals surface area contributed by atoms with Crippen LogP contribution in [0.3, 0.4) is 0 Å². The van der Waals surface area contributed by atoms with E-state index in [1.807, 2.05) is 31.2 Å². The van der Waals surface area contributed by atoms with E-state index < -0.39 is 0 Å². The molecular formula is C21H29ClN4O3. The Balaban J connectivity index is 0.00000240. The Morgan fingerprint density at radius 3 is 2.72 bits per heavy atom. The molecule has 0 spiro atoms. The number of hydrogen-bond acceptors (Lipinski definition) is 6. The number of halogens is 1. The van der Waals surface area contributed by atoms with E-state index in [-0.39, 0.29) is 36.3 Å². The fourth-order valence-corrected chi connectivity index (χ4v) is 4.69. The van der Waals surface area contributed by atoms with E-state index in [0.717, 1.165) is 37.0 Å². The molecule has 3 unspecified atom stereocenters. The third-order valence-corrected chi connectivity index (χ3v) is 6.28. The van der Waals surface area contributed by atoms with Crippen molar-refractivity contribution in [2.24, 2.45) is 23.5 Å². The van der Waals surface area contributed by atoms with Gasteiger partial charge in [0.2, 0.25) is 17.6 Å². The normalized spacial score (nSPS) is 26.9. The molecule has 2 aliphatic carbocycles. The first kappa shape index (κ1) is 21.6. The van der Waals surface area contributed by atoms with Crippen LogP contribution in [0.1, 0.15) is 51.0 Å². The Bertz CT molecular complexity index is 829. The second-order valence-electron chi connectivity index (χ2n) is 8.12. The minimum absolute atomic E-state index is 0. The van der Waals surface area contributed by atoms with Crippen molar-refractivity contribution in [2.75, 3.05) is 7.11 Å². The van der Waals surface area contributed by atoms with E-state index in [1.54, 1.807) is 7.11 Å². The average Bonchev–Trinajstić information content (AvgIpc) is 3.18. The lowest BCUT2D eigenvalue weighted by Gasteiger charge is -2.43. The van der Waals surface area contributed by atoms with Gasteiger partial charge in [-0.25, -0.2) is 0 Å². The Morgan fingerprint density at radius 1 is 1.31 bits per heavy atom. The number of carbonyl (C=O) groups is 1. The van der Waals surface area contributed by atoms with E-state index in [9.17, 15) is 4.79 Å². The fraction of sp³-hybridized carbons (Fsp3) is 0.571. The van der Waals surface area contributed by atoms with Gasteiger partial charge in [-0.15, -0.1) is 12.4 Å². The molecule has 2 bridgehead atoms. The summed E-state index contributed by atoms with van der Waals surface area (Å²) in [5, 5.41) is 7.11. The average molecular weight is 421 g/mol. The SMILES string of the molecule is COc1cccc(-c2noc(C(C)NC(=O)C3CC4CCCC(C3)C4N)n2)c1.Cl. The molecule has 1 heterocycles. The lowest BCUT2D eigenvalue weighted by Crippen LogP contribution is -2.49. The Labute approximate surface area is 177 Å². The Morgan fingerprint density at radius 2 is 2.03 bits per heavy atom. The van der Waals surface area contributed by atoms with Crippen LogP contribution in [0.5, 0.6) is 5.75 Å². The van der Waals surface area contributed by atoms with Crippen molar-refractivity contribution < 1.29 is 14.1 Å². The lowest BCUT2D eigenvalue weighted by molar-refractivity contribution is -0.128. The quantitative estimate of drug-likeness (QED) is 0.767. The first-order chi connectivity index (χ1) is 13.5. The molecular weight excluding hydrogens is 392 g/mol. The van der Waals surface area contributed by atoms with Crippen LogP contribution < -0.4 is 15.8 Å². The maximum atomic E-state index is 12.8. The number of rotatable bonds is 5. The van der Waals surface area contributed by atoms with E-state index in [1.165, 1.54) is 6.42 Å². The number of nitrogens with one attached hydrogen (secondary N) is 1. The second kappa shape index (κ2) is 9.13. The van der Waals surface area contributed by atoms with Gasteiger partial charge < -0.3 is 20.3 Å². The number of amides is 1. The van der Waals surface area contributed by atoms with Gasteiger partial charge in [0.1, 0.15) is 11.8 Å². The predicted molar refractivity (Wildman–Crippen MR) is 112 cm³/mol. The number of fused-ring (bicyclic) bond motifs is 2. The molecule has 8 heteroatoms. The summed E-state index contributed by atoms with van der Waals surface area (Å²) in [6, 6.07) is 7.40. The Kier molecular flexibility index (Phi) is 6.80. The van der Waals surface area contributed by atoms with E-state index in [2.05, 4.69) is 15.5 Å². The van der Waals surface area contributed by atoms with Crippen molar-refractivity contribution in [1.82, 2.24) is 15.5 Å². The van der Waals surface area contributed by atoms with Crippen LogP contribution >= 0.6 is 12.4 Å². The van der Waals surface area contributed by atoms with Crippen LogP contribution in [-0.2, 0) is 4.79 Å². The van der Waals surface area contributed by atoms with Gasteiger partial charge in [0.25, 0.3) is 0 Å². The molecule has 2 aromatic rings. The maximum absolute atomic E-state index is 12.8. The number of ether oxygens (including phenoxy) is 1. The summed E-state index contributed by atoms with van der Waals surface area (Å²) in [4.78, 5) is 17.3. The van der Waals surface area contributed by atoms with Gasteiger partial charge in [0, 0.05) is 17.5 Å². The van der Waals surface area contributed by atoms with Crippen LogP contribution in [0, 0.1) is 17.8 Å². The molecule has 3 atom stereocenters. The number of benzene rings is 1. The van der Waals surface area contributed by atoms with Crippen LogP contribution in [0.15, 0.2) is 28.8 Å². The highest BCUT2D eigenvalue weighted by Crippen LogP contribution is 2.42. The van der Waals surface area contributed by atoms with Crippen molar-refractivity contribution in [1.29, 1.82) is 0 Å². The molecule has 1 amide bonds. The van der Waals surface area contributed by atoms with Gasteiger partial charge in [-0.05, 0) is 56.6 Å². The van der Waals surface area contributed by atoms with Gasteiger partial charge in [-0.1, -0.05) is 23.7 Å². The second-order valence-corrected chi connectivity index (χ2v) is 8.12. The summed E-state index contributed by atoms with van der Waals surface area (Å²) in [5.74, 6) is 2.65. The molecule has 158 valence electrons. The smallest absolute Gasteiger partial charge is 0.249 e. The molecule has 7 nitrogen and oxygen atoms in total. The van der Waals surface area contributed by atoms with Gasteiger partial charge >= 0.3 is 0 Å². The lowest BCUT2D eigenvalue weighted by atomic mass is 9.65. The monoisotopic (exact) mass is 420 g/mol. The molecule has 2 saturated carbocycles. The number of carbonyl (C=O) groups excluding carboxylic acids is 1. The first-order valence-electron chi connectivity index (χ1n) is 10.1. The zero-order valence-corrected chi connectivity index (χ0v) is 17.7. The Hall–Kier alpha value is -2.12. The van der Waals surface area contributed by atoms with Gasteiger partial charge in [-0.3, -0.25) is 4.79 Å². The molecule has 2 fully saturated rings. The highest BCUT2D eigenvalue weighted by molar-refractivity contribution is 5.85. The maximum Gasteiger partial charge on any atom is 0.249 e. The van der Waals surface area contributed by atoms with E-state index in [4.69, 9.17) is 15.0 Å². The van der Waals surface area contributed by atoms with Gasteiger partial charge in [0.05, 0.1) is 7.11 Å².